The molecule has 4 nitrogen and oxygen atoms in total. The molecule has 1 atom stereocenters. The maximum absolute atomic E-state index is 12.2. The molecular formula is C15H25NO3. The van der Waals surface area contributed by atoms with Crippen LogP contribution in [0.25, 0.3) is 0 Å². The minimum Gasteiger partial charge on any atom is -0.461 e. The molecule has 0 aromatic rings. The lowest BCUT2D eigenvalue weighted by Gasteiger charge is -2.28. The zero-order valence-electron chi connectivity index (χ0n) is 12.1. The van der Waals surface area contributed by atoms with Gasteiger partial charge < -0.3 is 9.64 Å². The van der Waals surface area contributed by atoms with Gasteiger partial charge in [0.1, 0.15) is 12.1 Å². The molecule has 2 fully saturated rings. The molecule has 108 valence electrons. The van der Waals surface area contributed by atoms with Crippen molar-refractivity contribution in [2.45, 2.75) is 70.9 Å². The summed E-state index contributed by atoms with van der Waals surface area (Å²) in [5, 5.41) is 0. The van der Waals surface area contributed by atoms with E-state index >= 15 is 0 Å². The average Bonchev–Trinajstić information content (AvgIpc) is 2.88. The van der Waals surface area contributed by atoms with Crippen LogP contribution in [0.2, 0.25) is 0 Å². The van der Waals surface area contributed by atoms with E-state index in [2.05, 4.69) is 0 Å². The molecular weight excluding hydrogens is 242 g/mol. The number of hydrogen-bond acceptors (Lipinski definition) is 3. The van der Waals surface area contributed by atoms with Gasteiger partial charge in [-0.1, -0.05) is 20.3 Å². The highest BCUT2D eigenvalue weighted by atomic mass is 16.5. The van der Waals surface area contributed by atoms with Crippen molar-refractivity contribution in [2.75, 3.05) is 6.54 Å². The number of likely N-dealkylation sites (tertiary alicyclic amines) is 1. The first-order chi connectivity index (χ1) is 9.09. The zero-order chi connectivity index (χ0) is 13.8. The van der Waals surface area contributed by atoms with Crippen molar-refractivity contribution in [1.82, 2.24) is 4.90 Å². The summed E-state index contributed by atoms with van der Waals surface area (Å²) in [7, 11) is 0. The van der Waals surface area contributed by atoms with E-state index in [1.54, 1.807) is 4.90 Å². The Bertz CT molecular complexity index is 334. The van der Waals surface area contributed by atoms with Crippen LogP contribution < -0.4 is 0 Å². The van der Waals surface area contributed by atoms with Gasteiger partial charge in [0.25, 0.3) is 0 Å². The van der Waals surface area contributed by atoms with Crippen LogP contribution in [-0.2, 0) is 14.3 Å². The molecule has 1 saturated heterocycles. The van der Waals surface area contributed by atoms with Crippen LogP contribution in [0.15, 0.2) is 0 Å². The molecule has 0 aromatic heterocycles. The molecule has 1 saturated carbocycles. The standard InChI is InChI=1S/C15H25NO3/c1-11(2)14(17)16-10-6-9-13(16)15(18)19-12-7-4-3-5-8-12/h11-13H,3-10H2,1-2H3/t13-/m1/s1. The van der Waals surface area contributed by atoms with E-state index in [-0.39, 0.29) is 29.9 Å². The van der Waals surface area contributed by atoms with Crippen LogP contribution in [0.5, 0.6) is 0 Å². The number of carbonyl (C=O) groups excluding carboxylic acids is 2. The van der Waals surface area contributed by atoms with Gasteiger partial charge in [0.15, 0.2) is 0 Å². The van der Waals surface area contributed by atoms with E-state index in [9.17, 15) is 9.59 Å². The Morgan fingerprint density at radius 1 is 1.05 bits per heavy atom. The summed E-state index contributed by atoms with van der Waals surface area (Å²) in [6.45, 7) is 4.45. The van der Waals surface area contributed by atoms with Gasteiger partial charge in [0, 0.05) is 12.5 Å². The summed E-state index contributed by atoms with van der Waals surface area (Å²) in [6.07, 6.45) is 7.25. The van der Waals surface area contributed by atoms with Crippen LogP contribution in [0, 0.1) is 5.92 Å². The minimum absolute atomic E-state index is 0.0527. The summed E-state index contributed by atoms with van der Waals surface area (Å²) < 4.78 is 5.60. The Morgan fingerprint density at radius 2 is 1.74 bits per heavy atom. The van der Waals surface area contributed by atoms with Gasteiger partial charge >= 0.3 is 5.97 Å². The van der Waals surface area contributed by atoms with Crippen LogP contribution >= 0.6 is 0 Å². The van der Waals surface area contributed by atoms with Crippen molar-refractivity contribution in [1.29, 1.82) is 0 Å². The molecule has 0 aromatic carbocycles. The van der Waals surface area contributed by atoms with Crippen molar-refractivity contribution in [3.05, 3.63) is 0 Å². The fraction of sp³-hybridized carbons (Fsp3) is 0.867. The Morgan fingerprint density at radius 3 is 2.37 bits per heavy atom. The lowest BCUT2D eigenvalue weighted by atomic mass is 9.98. The minimum atomic E-state index is -0.336. The van der Waals surface area contributed by atoms with Crippen LogP contribution in [-0.4, -0.2) is 35.5 Å². The molecule has 19 heavy (non-hydrogen) atoms. The number of hydrogen-bond donors (Lipinski definition) is 0. The average molecular weight is 267 g/mol. The van der Waals surface area contributed by atoms with E-state index in [0.717, 1.165) is 38.5 Å². The normalized spacial score (nSPS) is 24.8. The van der Waals surface area contributed by atoms with Crippen molar-refractivity contribution in [2.24, 2.45) is 5.92 Å². The molecule has 2 rings (SSSR count). The van der Waals surface area contributed by atoms with Gasteiger partial charge in [-0.15, -0.1) is 0 Å². The lowest BCUT2D eigenvalue weighted by molar-refractivity contribution is -0.160. The van der Waals surface area contributed by atoms with Gasteiger partial charge in [-0.25, -0.2) is 4.79 Å². The molecule has 0 unspecified atom stereocenters. The molecule has 1 heterocycles. The highest BCUT2D eigenvalue weighted by molar-refractivity contribution is 5.86. The number of nitrogens with zero attached hydrogens (tertiary/aromatic N) is 1. The van der Waals surface area contributed by atoms with Gasteiger partial charge in [-0.2, -0.15) is 0 Å². The molecule has 0 radical (unpaired) electrons. The summed E-state index contributed by atoms with van der Waals surface area (Å²) in [6, 6.07) is -0.336. The Balaban J connectivity index is 1.91. The molecule has 1 aliphatic carbocycles. The summed E-state index contributed by atoms with van der Waals surface area (Å²) in [4.78, 5) is 26.0. The highest BCUT2D eigenvalue weighted by Crippen LogP contribution is 2.25. The van der Waals surface area contributed by atoms with Gasteiger partial charge in [0.05, 0.1) is 0 Å². The summed E-state index contributed by atoms with van der Waals surface area (Å²) >= 11 is 0. The first kappa shape index (κ1) is 14.4. The molecule has 0 spiro atoms. The van der Waals surface area contributed by atoms with E-state index in [0.29, 0.717) is 6.54 Å². The fourth-order valence-corrected chi connectivity index (χ4v) is 3.03. The molecule has 1 amide bonds. The predicted octanol–water partition coefficient (Wildman–Crippen LogP) is 2.51. The number of carbonyl (C=O) groups is 2. The van der Waals surface area contributed by atoms with Crippen molar-refractivity contribution in [3.8, 4) is 0 Å². The van der Waals surface area contributed by atoms with Gasteiger partial charge in [0.2, 0.25) is 5.91 Å². The van der Waals surface area contributed by atoms with Gasteiger partial charge in [-0.05, 0) is 38.5 Å². The third-order valence-corrected chi connectivity index (χ3v) is 4.14. The third kappa shape index (κ3) is 3.48. The quantitative estimate of drug-likeness (QED) is 0.738. The third-order valence-electron chi connectivity index (χ3n) is 4.14. The van der Waals surface area contributed by atoms with Crippen LogP contribution in [0.4, 0.5) is 0 Å². The smallest absolute Gasteiger partial charge is 0.329 e. The first-order valence-electron chi connectivity index (χ1n) is 7.60. The zero-order valence-corrected chi connectivity index (χ0v) is 12.1. The van der Waals surface area contributed by atoms with Crippen molar-refractivity contribution >= 4 is 11.9 Å². The topological polar surface area (TPSA) is 46.6 Å². The second kappa shape index (κ2) is 6.40. The number of esters is 1. The van der Waals surface area contributed by atoms with E-state index < -0.39 is 0 Å². The molecule has 0 bridgehead atoms. The highest BCUT2D eigenvalue weighted by Gasteiger charge is 2.37. The Kier molecular flexibility index (Phi) is 4.83. The van der Waals surface area contributed by atoms with E-state index in [4.69, 9.17) is 4.74 Å². The van der Waals surface area contributed by atoms with E-state index in [1.807, 2.05) is 13.8 Å². The second-order valence-electron chi connectivity index (χ2n) is 6.04. The van der Waals surface area contributed by atoms with Crippen LogP contribution in [0.3, 0.4) is 0 Å². The largest absolute Gasteiger partial charge is 0.461 e. The maximum atomic E-state index is 12.2. The lowest BCUT2D eigenvalue weighted by Crippen LogP contribution is -2.44. The summed E-state index contributed by atoms with van der Waals surface area (Å²) in [5.41, 5.74) is 0. The molecule has 1 aliphatic heterocycles. The SMILES string of the molecule is CC(C)C(=O)N1CCC[C@@H]1C(=O)OC1CCCCC1. The molecule has 0 N–H and O–H groups in total. The fourth-order valence-electron chi connectivity index (χ4n) is 3.03. The first-order valence-corrected chi connectivity index (χ1v) is 7.60. The number of ether oxygens (including phenoxy) is 1. The van der Waals surface area contributed by atoms with Crippen LogP contribution in [0.1, 0.15) is 58.8 Å². The maximum Gasteiger partial charge on any atom is 0.329 e. The van der Waals surface area contributed by atoms with Crippen molar-refractivity contribution < 1.29 is 14.3 Å². The van der Waals surface area contributed by atoms with Crippen molar-refractivity contribution in [3.63, 3.8) is 0 Å². The Labute approximate surface area is 115 Å². The molecule has 4 heteroatoms. The Hall–Kier alpha value is -1.06. The van der Waals surface area contributed by atoms with Gasteiger partial charge in [-0.3, -0.25) is 4.79 Å². The summed E-state index contributed by atoms with van der Waals surface area (Å²) in [5.74, 6) is -0.162. The predicted molar refractivity (Wildman–Crippen MR) is 72.5 cm³/mol. The monoisotopic (exact) mass is 267 g/mol. The molecule has 2 aliphatic rings. The second-order valence-corrected chi connectivity index (χ2v) is 6.04. The van der Waals surface area contributed by atoms with E-state index in [1.165, 1.54) is 6.42 Å². The number of amides is 1. The number of rotatable bonds is 3.